The maximum absolute atomic E-state index is 13.0. The highest BCUT2D eigenvalue weighted by atomic mass is 16.7. The molecule has 5 rings (SSSR count). The van der Waals surface area contributed by atoms with Crippen LogP contribution in [0, 0.1) is 6.92 Å². The second-order valence-corrected chi connectivity index (χ2v) is 7.52. The van der Waals surface area contributed by atoms with Crippen molar-refractivity contribution in [2.24, 2.45) is 0 Å². The van der Waals surface area contributed by atoms with E-state index in [1.165, 1.54) is 5.06 Å². The number of hydrogen-bond donors (Lipinski definition) is 2. The van der Waals surface area contributed by atoms with E-state index < -0.39 is 0 Å². The van der Waals surface area contributed by atoms with Gasteiger partial charge in [-0.2, -0.15) is 10.2 Å². The lowest BCUT2D eigenvalue weighted by molar-refractivity contribution is -0.0829. The zero-order valence-corrected chi connectivity index (χ0v) is 17.0. The summed E-state index contributed by atoms with van der Waals surface area (Å²) >= 11 is 0. The number of nitrogens with two attached hydrogens (primary N) is 1. The Labute approximate surface area is 179 Å². The summed E-state index contributed by atoms with van der Waals surface area (Å²) in [5.41, 5.74) is 10.8. The van der Waals surface area contributed by atoms with Crippen LogP contribution >= 0.6 is 0 Å². The Balaban J connectivity index is 1.40. The van der Waals surface area contributed by atoms with E-state index in [0.29, 0.717) is 23.8 Å². The molecule has 0 aliphatic carbocycles. The number of carbonyl (C=O) groups excluding carboxylic acids is 1. The number of anilines is 2. The fraction of sp³-hybridized carbons (Fsp3) is 0.174. The third kappa shape index (κ3) is 3.69. The van der Waals surface area contributed by atoms with Gasteiger partial charge >= 0.3 is 6.03 Å². The van der Waals surface area contributed by atoms with E-state index in [2.05, 4.69) is 15.4 Å². The van der Waals surface area contributed by atoms with Crippen molar-refractivity contribution in [3.63, 3.8) is 0 Å². The first-order valence-electron chi connectivity index (χ1n) is 10.1. The van der Waals surface area contributed by atoms with E-state index in [4.69, 9.17) is 10.6 Å². The lowest BCUT2D eigenvalue weighted by Crippen LogP contribution is -2.33. The smallest absolute Gasteiger partial charge is 0.346 e. The molecule has 0 spiro atoms. The molecule has 8 heteroatoms. The van der Waals surface area contributed by atoms with Gasteiger partial charge in [-0.05, 0) is 36.2 Å². The van der Waals surface area contributed by atoms with Crippen LogP contribution in [-0.4, -0.2) is 32.3 Å². The van der Waals surface area contributed by atoms with Gasteiger partial charge in [0.1, 0.15) is 5.82 Å². The number of nitrogens with one attached hydrogen (secondary N) is 1. The van der Waals surface area contributed by atoms with E-state index in [1.807, 2.05) is 67.6 Å². The van der Waals surface area contributed by atoms with E-state index in [1.54, 1.807) is 10.7 Å². The van der Waals surface area contributed by atoms with Gasteiger partial charge in [0.25, 0.3) is 0 Å². The third-order valence-electron chi connectivity index (χ3n) is 5.40. The van der Waals surface area contributed by atoms with Crippen molar-refractivity contribution < 1.29 is 9.63 Å². The predicted octanol–water partition coefficient (Wildman–Crippen LogP) is 4.20. The summed E-state index contributed by atoms with van der Waals surface area (Å²) in [6, 6.07) is 19.1. The number of aryl methyl sites for hydroxylation is 1. The molecule has 2 aromatic carbocycles. The molecule has 3 N–H and O–H groups in total. The molecule has 1 fully saturated rings. The lowest BCUT2D eigenvalue weighted by Gasteiger charge is -2.23. The summed E-state index contributed by atoms with van der Waals surface area (Å²) in [5, 5.41) is 9.00. The van der Waals surface area contributed by atoms with Crippen LogP contribution in [0.15, 0.2) is 66.9 Å². The van der Waals surface area contributed by atoms with Gasteiger partial charge in [-0.15, -0.1) is 0 Å². The first kappa shape index (κ1) is 19.1. The number of hydroxylamine groups is 2. The number of amides is 2. The SMILES string of the molecule is Cc1ccc(-c2ccc3nc(N)cn3n2)cc1NC(=O)N1OCCC1c1ccccc1. The van der Waals surface area contributed by atoms with Crippen LogP contribution in [0.3, 0.4) is 0 Å². The molecule has 4 aromatic rings. The number of nitrogens with zero attached hydrogens (tertiary/aromatic N) is 4. The summed E-state index contributed by atoms with van der Waals surface area (Å²) in [6.07, 6.45) is 2.43. The third-order valence-corrected chi connectivity index (χ3v) is 5.40. The van der Waals surface area contributed by atoms with Crippen molar-refractivity contribution in [2.45, 2.75) is 19.4 Å². The monoisotopic (exact) mass is 414 g/mol. The maximum Gasteiger partial charge on any atom is 0.346 e. The molecule has 2 aromatic heterocycles. The van der Waals surface area contributed by atoms with Crippen molar-refractivity contribution in [2.75, 3.05) is 17.7 Å². The van der Waals surface area contributed by atoms with Crippen LogP contribution in [-0.2, 0) is 4.84 Å². The number of urea groups is 1. The van der Waals surface area contributed by atoms with Crippen molar-refractivity contribution in [1.29, 1.82) is 0 Å². The minimum Gasteiger partial charge on any atom is -0.382 e. The van der Waals surface area contributed by atoms with Gasteiger partial charge in [0.15, 0.2) is 5.65 Å². The Hall–Kier alpha value is -3.91. The zero-order valence-electron chi connectivity index (χ0n) is 17.0. The summed E-state index contributed by atoms with van der Waals surface area (Å²) in [4.78, 5) is 22.9. The number of aromatic nitrogens is 3. The van der Waals surface area contributed by atoms with Crippen LogP contribution in [0.25, 0.3) is 16.9 Å². The van der Waals surface area contributed by atoms with Gasteiger partial charge in [-0.1, -0.05) is 42.5 Å². The fourth-order valence-corrected chi connectivity index (χ4v) is 3.79. The van der Waals surface area contributed by atoms with Crippen LogP contribution in [0.2, 0.25) is 0 Å². The molecule has 2 amide bonds. The number of fused-ring (bicyclic) bond motifs is 1. The Bertz CT molecular complexity index is 1250. The van der Waals surface area contributed by atoms with Crippen molar-refractivity contribution in [1.82, 2.24) is 19.7 Å². The minimum absolute atomic E-state index is 0.111. The summed E-state index contributed by atoms with van der Waals surface area (Å²) in [7, 11) is 0. The van der Waals surface area contributed by atoms with Crippen LogP contribution in [0.1, 0.15) is 23.6 Å². The van der Waals surface area contributed by atoms with E-state index in [-0.39, 0.29) is 12.1 Å². The molecule has 8 nitrogen and oxygen atoms in total. The standard InChI is InChI=1S/C23H22N6O2/c1-15-7-8-17(18-9-10-22-26-21(24)14-28(22)27-18)13-19(15)25-23(30)29-20(11-12-31-29)16-5-3-2-4-6-16/h2-10,13-14,20H,11-12,24H2,1H3,(H,25,30). The second kappa shape index (κ2) is 7.73. The Morgan fingerprint density at radius 2 is 2.00 bits per heavy atom. The van der Waals surface area contributed by atoms with E-state index in [0.717, 1.165) is 28.8 Å². The second-order valence-electron chi connectivity index (χ2n) is 7.52. The largest absolute Gasteiger partial charge is 0.382 e. The van der Waals surface area contributed by atoms with Crippen molar-refractivity contribution >= 4 is 23.2 Å². The van der Waals surface area contributed by atoms with Crippen molar-refractivity contribution in [3.05, 3.63) is 78.0 Å². The quantitative estimate of drug-likeness (QED) is 0.524. The van der Waals surface area contributed by atoms with Gasteiger partial charge in [0, 0.05) is 17.7 Å². The molecule has 0 saturated carbocycles. The molecule has 3 heterocycles. The van der Waals surface area contributed by atoms with Crippen LogP contribution in [0.5, 0.6) is 0 Å². The average molecular weight is 414 g/mol. The van der Waals surface area contributed by atoms with Gasteiger partial charge in [-0.3, -0.25) is 4.84 Å². The molecule has 156 valence electrons. The Morgan fingerprint density at radius 3 is 2.84 bits per heavy atom. The molecule has 1 unspecified atom stereocenters. The highest BCUT2D eigenvalue weighted by Crippen LogP contribution is 2.31. The lowest BCUT2D eigenvalue weighted by atomic mass is 10.0. The molecule has 1 saturated heterocycles. The first-order chi connectivity index (χ1) is 15.1. The minimum atomic E-state index is -0.294. The van der Waals surface area contributed by atoms with E-state index in [9.17, 15) is 4.79 Å². The highest BCUT2D eigenvalue weighted by Gasteiger charge is 2.32. The number of hydrogen-bond acceptors (Lipinski definition) is 5. The number of carbonyl (C=O) groups is 1. The first-order valence-corrected chi connectivity index (χ1v) is 10.1. The Morgan fingerprint density at radius 1 is 1.16 bits per heavy atom. The Kier molecular flexibility index (Phi) is 4.76. The average Bonchev–Trinajstić information content (AvgIpc) is 3.41. The van der Waals surface area contributed by atoms with Gasteiger partial charge in [0.05, 0.1) is 24.5 Å². The highest BCUT2D eigenvalue weighted by molar-refractivity contribution is 5.90. The molecule has 1 aliphatic rings. The van der Waals surface area contributed by atoms with Crippen LogP contribution < -0.4 is 11.1 Å². The molecule has 0 radical (unpaired) electrons. The summed E-state index contributed by atoms with van der Waals surface area (Å²) in [6.45, 7) is 2.45. The van der Waals surface area contributed by atoms with Gasteiger partial charge in [0.2, 0.25) is 0 Å². The molecule has 31 heavy (non-hydrogen) atoms. The number of benzene rings is 2. The topological polar surface area (TPSA) is 97.8 Å². The molecular weight excluding hydrogens is 392 g/mol. The fourth-order valence-electron chi connectivity index (χ4n) is 3.79. The molecular formula is C23H22N6O2. The molecule has 0 bridgehead atoms. The summed E-state index contributed by atoms with van der Waals surface area (Å²) < 4.78 is 1.64. The normalized spacial score (nSPS) is 16.0. The van der Waals surface area contributed by atoms with Gasteiger partial charge < -0.3 is 11.1 Å². The van der Waals surface area contributed by atoms with E-state index >= 15 is 0 Å². The van der Waals surface area contributed by atoms with Gasteiger partial charge in [-0.25, -0.2) is 14.3 Å². The molecule has 1 aliphatic heterocycles. The number of nitrogen functional groups attached to an aromatic ring is 1. The maximum atomic E-state index is 13.0. The zero-order chi connectivity index (χ0) is 21.4. The molecule has 1 atom stereocenters. The number of rotatable bonds is 3. The summed E-state index contributed by atoms with van der Waals surface area (Å²) in [5.74, 6) is 0.417. The predicted molar refractivity (Wildman–Crippen MR) is 118 cm³/mol. The van der Waals surface area contributed by atoms with Crippen molar-refractivity contribution in [3.8, 4) is 11.3 Å². The number of imidazole rings is 1. The van der Waals surface area contributed by atoms with Crippen LogP contribution in [0.4, 0.5) is 16.3 Å².